The molecule has 1 aliphatic rings. The molecular weight excluding hydrogens is 358 g/mol. The zero-order valence-corrected chi connectivity index (χ0v) is 16.4. The summed E-state index contributed by atoms with van der Waals surface area (Å²) in [7, 11) is 1.57. The second kappa shape index (κ2) is 8.29. The molecule has 0 bridgehead atoms. The quantitative estimate of drug-likeness (QED) is 0.744. The fraction of sp³-hybridized carbons (Fsp3) is 0.381. The van der Waals surface area contributed by atoms with Crippen molar-refractivity contribution < 1.29 is 19.1 Å². The fourth-order valence-electron chi connectivity index (χ4n) is 3.14. The molecule has 1 aliphatic heterocycles. The molecule has 2 aromatic rings. The molecule has 0 aliphatic carbocycles. The Balaban J connectivity index is 1.83. The average molecular weight is 383 g/mol. The standard InChI is InChI=1S/C21H25N3O4/c1-4-5-13-24-18-17(11-8-12-22-18)28-21(2,20(24)26)19(25)23-14-15-9-6-7-10-16(15)27-3/h6-12H,4-5,13-14H2,1-3H3,(H,23,25)/t21-/m1/s1. The molecule has 1 aromatic heterocycles. The number of unbranched alkanes of at least 4 members (excludes halogenated alkanes) is 1. The van der Waals surface area contributed by atoms with Crippen molar-refractivity contribution in [2.75, 3.05) is 18.6 Å². The third-order valence-corrected chi connectivity index (χ3v) is 4.77. The van der Waals surface area contributed by atoms with Crippen molar-refractivity contribution in [3.63, 3.8) is 0 Å². The van der Waals surface area contributed by atoms with Crippen LogP contribution in [0.4, 0.5) is 5.82 Å². The predicted octanol–water partition coefficient (Wildman–Crippen LogP) is 2.69. The number of carbonyl (C=O) groups excluding carboxylic acids is 2. The summed E-state index contributed by atoms with van der Waals surface area (Å²) in [4.78, 5) is 32.0. The van der Waals surface area contributed by atoms with Crippen molar-refractivity contribution >= 4 is 17.6 Å². The summed E-state index contributed by atoms with van der Waals surface area (Å²) in [6.45, 7) is 4.26. The van der Waals surface area contributed by atoms with Crippen LogP contribution in [-0.2, 0) is 16.1 Å². The lowest BCUT2D eigenvalue weighted by Gasteiger charge is -2.38. The Morgan fingerprint density at radius 2 is 2.07 bits per heavy atom. The molecule has 0 saturated carbocycles. The number of pyridine rings is 1. The number of methoxy groups -OCH3 is 1. The predicted molar refractivity (Wildman–Crippen MR) is 105 cm³/mol. The van der Waals surface area contributed by atoms with Crippen molar-refractivity contribution in [2.45, 2.75) is 38.8 Å². The average Bonchev–Trinajstić information content (AvgIpc) is 2.72. The third kappa shape index (κ3) is 3.65. The number of para-hydroxylation sites is 1. The van der Waals surface area contributed by atoms with E-state index in [1.165, 1.54) is 6.92 Å². The van der Waals surface area contributed by atoms with Crippen LogP contribution in [0.25, 0.3) is 0 Å². The van der Waals surface area contributed by atoms with Gasteiger partial charge in [-0.2, -0.15) is 0 Å². The number of nitrogens with one attached hydrogen (secondary N) is 1. The van der Waals surface area contributed by atoms with Gasteiger partial charge in [0, 0.05) is 24.8 Å². The second-order valence-corrected chi connectivity index (χ2v) is 6.77. The monoisotopic (exact) mass is 383 g/mol. The van der Waals surface area contributed by atoms with Crippen LogP contribution in [0.1, 0.15) is 32.3 Å². The highest BCUT2D eigenvalue weighted by Crippen LogP contribution is 2.36. The minimum Gasteiger partial charge on any atom is -0.496 e. The van der Waals surface area contributed by atoms with Crippen LogP contribution in [0.5, 0.6) is 11.5 Å². The van der Waals surface area contributed by atoms with Gasteiger partial charge in [0.15, 0.2) is 11.6 Å². The second-order valence-electron chi connectivity index (χ2n) is 6.77. The molecule has 2 heterocycles. The first-order valence-electron chi connectivity index (χ1n) is 9.37. The topological polar surface area (TPSA) is 80.8 Å². The zero-order valence-electron chi connectivity index (χ0n) is 16.4. The van der Waals surface area contributed by atoms with E-state index in [1.54, 1.807) is 30.3 Å². The summed E-state index contributed by atoms with van der Waals surface area (Å²) in [5, 5.41) is 2.81. The van der Waals surface area contributed by atoms with E-state index >= 15 is 0 Å². The Hall–Kier alpha value is -3.09. The Morgan fingerprint density at radius 1 is 1.29 bits per heavy atom. The smallest absolute Gasteiger partial charge is 0.282 e. The zero-order chi connectivity index (χ0) is 20.1. The van der Waals surface area contributed by atoms with E-state index in [2.05, 4.69) is 10.3 Å². The third-order valence-electron chi connectivity index (χ3n) is 4.77. The van der Waals surface area contributed by atoms with Crippen LogP contribution in [-0.4, -0.2) is 36.1 Å². The van der Waals surface area contributed by atoms with Gasteiger partial charge in [-0.15, -0.1) is 0 Å². The Kier molecular flexibility index (Phi) is 5.82. The van der Waals surface area contributed by atoms with Gasteiger partial charge in [0.2, 0.25) is 0 Å². The van der Waals surface area contributed by atoms with Crippen LogP contribution >= 0.6 is 0 Å². The van der Waals surface area contributed by atoms with Gasteiger partial charge in [-0.1, -0.05) is 31.5 Å². The van der Waals surface area contributed by atoms with Gasteiger partial charge < -0.3 is 14.8 Å². The van der Waals surface area contributed by atoms with Gasteiger partial charge in [-0.25, -0.2) is 4.98 Å². The lowest BCUT2D eigenvalue weighted by atomic mass is 10.0. The first-order valence-corrected chi connectivity index (χ1v) is 9.37. The fourth-order valence-corrected chi connectivity index (χ4v) is 3.14. The molecular formula is C21H25N3O4. The molecule has 0 spiro atoms. The number of aromatic nitrogens is 1. The summed E-state index contributed by atoms with van der Waals surface area (Å²) in [5.41, 5.74) is -0.846. The van der Waals surface area contributed by atoms with Crippen LogP contribution in [0, 0.1) is 0 Å². The number of benzene rings is 1. The molecule has 0 fully saturated rings. The summed E-state index contributed by atoms with van der Waals surface area (Å²) in [5.74, 6) is 0.635. The number of nitrogens with zero attached hydrogens (tertiary/aromatic N) is 2. The van der Waals surface area contributed by atoms with Gasteiger partial charge in [0.25, 0.3) is 17.4 Å². The SMILES string of the molecule is CCCCN1C(=O)[C@@](C)(C(=O)NCc2ccccc2OC)Oc2cccnc21. The van der Waals surface area contributed by atoms with Gasteiger partial charge in [-0.05, 0) is 31.5 Å². The maximum atomic E-state index is 13.2. The minimum absolute atomic E-state index is 0.226. The molecule has 1 aromatic carbocycles. The van der Waals surface area contributed by atoms with E-state index in [1.807, 2.05) is 31.2 Å². The lowest BCUT2D eigenvalue weighted by molar-refractivity contribution is -0.148. The van der Waals surface area contributed by atoms with Gasteiger partial charge in [-0.3, -0.25) is 14.5 Å². The van der Waals surface area contributed by atoms with Crippen LogP contribution < -0.4 is 19.7 Å². The van der Waals surface area contributed by atoms with E-state index in [0.717, 1.165) is 18.4 Å². The van der Waals surface area contributed by atoms with E-state index < -0.39 is 17.4 Å². The molecule has 0 radical (unpaired) electrons. The number of ether oxygens (including phenoxy) is 2. The van der Waals surface area contributed by atoms with Crippen molar-refractivity contribution in [1.29, 1.82) is 0 Å². The molecule has 0 saturated heterocycles. The van der Waals surface area contributed by atoms with E-state index in [9.17, 15) is 9.59 Å². The number of carbonyl (C=O) groups is 2. The maximum Gasteiger partial charge on any atom is 0.282 e. The largest absolute Gasteiger partial charge is 0.496 e. The molecule has 28 heavy (non-hydrogen) atoms. The molecule has 1 N–H and O–H groups in total. The summed E-state index contributed by atoms with van der Waals surface area (Å²) < 4.78 is 11.2. The minimum atomic E-state index is -1.66. The van der Waals surface area contributed by atoms with Crippen LogP contribution in [0.2, 0.25) is 0 Å². The van der Waals surface area contributed by atoms with Crippen molar-refractivity contribution in [3.05, 3.63) is 48.2 Å². The van der Waals surface area contributed by atoms with Crippen molar-refractivity contribution in [3.8, 4) is 11.5 Å². The van der Waals surface area contributed by atoms with E-state index in [-0.39, 0.29) is 6.54 Å². The molecule has 1 atom stereocenters. The highest BCUT2D eigenvalue weighted by Gasteiger charge is 2.51. The summed E-state index contributed by atoms with van der Waals surface area (Å²) >= 11 is 0. The molecule has 7 heteroatoms. The summed E-state index contributed by atoms with van der Waals surface area (Å²) in [6.07, 6.45) is 3.34. The van der Waals surface area contributed by atoms with Crippen LogP contribution in [0.3, 0.4) is 0 Å². The van der Waals surface area contributed by atoms with Crippen molar-refractivity contribution in [2.24, 2.45) is 0 Å². The highest BCUT2D eigenvalue weighted by molar-refractivity contribution is 6.16. The van der Waals surface area contributed by atoms with E-state index in [0.29, 0.717) is 23.9 Å². The number of hydrogen-bond donors (Lipinski definition) is 1. The number of anilines is 1. The molecule has 0 unspecified atom stereocenters. The highest BCUT2D eigenvalue weighted by atomic mass is 16.5. The summed E-state index contributed by atoms with van der Waals surface area (Å²) in [6, 6.07) is 10.8. The maximum absolute atomic E-state index is 13.2. The first kappa shape index (κ1) is 19.7. The van der Waals surface area contributed by atoms with Gasteiger partial charge in [0.1, 0.15) is 5.75 Å². The first-order chi connectivity index (χ1) is 13.5. The number of amides is 2. The Bertz CT molecular complexity index is 870. The Morgan fingerprint density at radius 3 is 2.82 bits per heavy atom. The number of rotatable bonds is 7. The van der Waals surface area contributed by atoms with Crippen molar-refractivity contribution in [1.82, 2.24) is 10.3 Å². The Labute approximate surface area is 164 Å². The lowest BCUT2D eigenvalue weighted by Crippen LogP contribution is -2.62. The van der Waals surface area contributed by atoms with Gasteiger partial charge in [0.05, 0.1) is 7.11 Å². The molecule has 7 nitrogen and oxygen atoms in total. The number of hydrogen-bond acceptors (Lipinski definition) is 5. The normalized spacial score (nSPS) is 18.2. The number of fused-ring (bicyclic) bond motifs is 1. The molecule has 2 amide bonds. The van der Waals surface area contributed by atoms with E-state index in [4.69, 9.17) is 9.47 Å². The molecule has 148 valence electrons. The molecule has 3 rings (SSSR count). The van der Waals surface area contributed by atoms with Crippen LogP contribution in [0.15, 0.2) is 42.6 Å². The van der Waals surface area contributed by atoms with Gasteiger partial charge >= 0.3 is 0 Å².